The summed E-state index contributed by atoms with van der Waals surface area (Å²) >= 11 is 0. The van der Waals surface area contributed by atoms with E-state index in [9.17, 15) is 0 Å². The van der Waals surface area contributed by atoms with Crippen molar-refractivity contribution in [3.05, 3.63) is 23.3 Å². The van der Waals surface area contributed by atoms with Crippen LogP contribution in [0.1, 0.15) is 23.5 Å². The predicted molar refractivity (Wildman–Crippen MR) is 57.0 cm³/mol. The highest BCUT2D eigenvalue weighted by molar-refractivity contribution is 5.88. The van der Waals surface area contributed by atoms with E-state index in [1.807, 2.05) is 12.1 Å². The third-order valence-corrected chi connectivity index (χ3v) is 3.18. The van der Waals surface area contributed by atoms with Crippen LogP contribution >= 0.6 is 0 Å². The minimum atomic E-state index is -0.00509. The molecule has 84 valence electrons. The van der Waals surface area contributed by atoms with Crippen LogP contribution in [0.15, 0.2) is 17.3 Å². The number of aryl methyl sites for hydroxylation is 1. The van der Waals surface area contributed by atoms with Gasteiger partial charge in [0.1, 0.15) is 5.84 Å². The molecule has 1 aliphatic heterocycles. The Morgan fingerprint density at radius 1 is 1.38 bits per heavy atom. The molecule has 5 heteroatoms. The van der Waals surface area contributed by atoms with Gasteiger partial charge in [-0.15, -0.1) is 0 Å². The SMILES string of the molecule is NC(=NO)C1CCc2cc3c(cc21)OCO3. The first-order valence-electron chi connectivity index (χ1n) is 5.19. The van der Waals surface area contributed by atoms with Gasteiger partial charge in [-0.1, -0.05) is 5.16 Å². The molecule has 0 bridgehead atoms. The summed E-state index contributed by atoms with van der Waals surface area (Å²) in [7, 11) is 0. The highest BCUT2D eigenvalue weighted by Crippen LogP contribution is 2.42. The summed E-state index contributed by atoms with van der Waals surface area (Å²) < 4.78 is 10.6. The van der Waals surface area contributed by atoms with Crippen LogP contribution in [-0.2, 0) is 6.42 Å². The van der Waals surface area contributed by atoms with Gasteiger partial charge in [-0.25, -0.2) is 0 Å². The van der Waals surface area contributed by atoms with E-state index in [-0.39, 0.29) is 18.5 Å². The van der Waals surface area contributed by atoms with Crippen molar-refractivity contribution in [3.63, 3.8) is 0 Å². The first-order valence-corrected chi connectivity index (χ1v) is 5.19. The quantitative estimate of drug-likeness (QED) is 0.322. The molecule has 16 heavy (non-hydrogen) atoms. The molecule has 0 aromatic heterocycles. The predicted octanol–water partition coefficient (Wildman–Crippen LogP) is 1.19. The highest BCUT2D eigenvalue weighted by atomic mass is 16.7. The van der Waals surface area contributed by atoms with Crippen molar-refractivity contribution in [2.75, 3.05) is 6.79 Å². The molecule has 1 heterocycles. The fraction of sp³-hybridized carbons (Fsp3) is 0.364. The Bertz CT molecular complexity index is 471. The lowest BCUT2D eigenvalue weighted by Crippen LogP contribution is -2.19. The van der Waals surface area contributed by atoms with Crippen LogP contribution in [0, 0.1) is 0 Å². The molecule has 0 amide bonds. The van der Waals surface area contributed by atoms with Crippen LogP contribution in [0.4, 0.5) is 0 Å². The van der Waals surface area contributed by atoms with Gasteiger partial charge in [0, 0.05) is 5.92 Å². The number of fused-ring (bicyclic) bond motifs is 2. The lowest BCUT2D eigenvalue weighted by atomic mass is 10.00. The number of amidine groups is 1. The molecule has 0 saturated heterocycles. The molecule has 5 nitrogen and oxygen atoms in total. The zero-order valence-electron chi connectivity index (χ0n) is 8.64. The van der Waals surface area contributed by atoms with Crippen molar-refractivity contribution in [3.8, 4) is 11.5 Å². The minimum Gasteiger partial charge on any atom is -0.454 e. The van der Waals surface area contributed by atoms with Crippen molar-refractivity contribution in [2.24, 2.45) is 10.9 Å². The molecule has 3 rings (SSSR count). The zero-order valence-corrected chi connectivity index (χ0v) is 8.64. The van der Waals surface area contributed by atoms with Crippen LogP contribution in [0.2, 0.25) is 0 Å². The summed E-state index contributed by atoms with van der Waals surface area (Å²) in [6.07, 6.45) is 1.79. The van der Waals surface area contributed by atoms with Gasteiger partial charge in [-0.2, -0.15) is 0 Å². The fourth-order valence-electron chi connectivity index (χ4n) is 2.37. The molecule has 0 fully saturated rings. The van der Waals surface area contributed by atoms with Crippen molar-refractivity contribution >= 4 is 5.84 Å². The van der Waals surface area contributed by atoms with Crippen molar-refractivity contribution in [1.82, 2.24) is 0 Å². The molecule has 1 unspecified atom stereocenters. The van der Waals surface area contributed by atoms with Gasteiger partial charge in [0.2, 0.25) is 6.79 Å². The van der Waals surface area contributed by atoms with Gasteiger partial charge < -0.3 is 20.4 Å². The Morgan fingerprint density at radius 3 is 2.88 bits per heavy atom. The summed E-state index contributed by atoms with van der Waals surface area (Å²) in [4.78, 5) is 0. The normalized spacial score (nSPS) is 22.2. The van der Waals surface area contributed by atoms with Gasteiger partial charge in [-0.05, 0) is 36.1 Å². The smallest absolute Gasteiger partial charge is 0.231 e. The van der Waals surface area contributed by atoms with E-state index >= 15 is 0 Å². The molecule has 1 aliphatic carbocycles. The van der Waals surface area contributed by atoms with Gasteiger partial charge in [-0.3, -0.25) is 0 Å². The van der Waals surface area contributed by atoms with Gasteiger partial charge in [0.05, 0.1) is 0 Å². The van der Waals surface area contributed by atoms with Gasteiger partial charge in [0.15, 0.2) is 11.5 Å². The maximum Gasteiger partial charge on any atom is 0.231 e. The average molecular weight is 220 g/mol. The summed E-state index contributed by atoms with van der Waals surface area (Å²) in [5.74, 6) is 1.79. The number of rotatable bonds is 1. The Labute approximate surface area is 92.5 Å². The molecule has 0 saturated carbocycles. The second-order valence-corrected chi connectivity index (χ2v) is 4.02. The molecular weight excluding hydrogens is 208 g/mol. The number of hydrogen-bond donors (Lipinski definition) is 2. The molecule has 0 spiro atoms. The summed E-state index contributed by atoms with van der Waals surface area (Å²) in [5, 5.41) is 11.8. The van der Waals surface area contributed by atoms with Crippen molar-refractivity contribution in [1.29, 1.82) is 0 Å². The van der Waals surface area contributed by atoms with E-state index in [0.717, 1.165) is 29.9 Å². The van der Waals surface area contributed by atoms with Crippen molar-refractivity contribution in [2.45, 2.75) is 18.8 Å². The van der Waals surface area contributed by atoms with Crippen LogP contribution in [0.3, 0.4) is 0 Å². The largest absolute Gasteiger partial charge is 0.454 e. The Kier molecular flexibility index (Phi) is 1.92. The lowest BCUT2D eigenvalue weighted by molar-refractivity contribution is 0.174. The number of hydrogen-bond acceptors (Lipinski definition) is 4. The molecule has 1 aromatic rings. The second-order valence-electron chi connectivity index (χ2n) is 4.02. The maximum absolute atomic E-state index is 8.72. The minimum absolute atomic E-state index is 0.00509. The first kappa shape index (κ1) is 9.33. The van der Waals surface area contributed by atoms with Crippen LogP contribution in [-0.4, -0.2) is 17.8 Å². The van der Waals surface area contributed by atoms with Gasteiger partial charge >= 0.3 is 0 Å². The molecule has 1 atom stereocenters. The lowest BCUT2D eigenvalue weighted by Gasteiger charge is -2.09. The summed E-state index contributed by atoms with van der Waals surface area (Å²) in [5.41, 5.74) is 7.94. The maximum atomic E-state index is 8.72. The second kappa shape index (κ2) is 3.30. The number of nitrogens with zero attached hydrogens (tertiary/aromatic N) is 1. The number of nitrogens with two attached hydrogens (primary N) is 1. The molecule has 1 aromatic carbocycles. The monoisotopic (exact) mass is 220 g/mol. The third kappa shape index (κ3) is 1.21. The van der Waals surface area contributed by atoms with E-state index in [1.165, 1.54) is 5.56 Å². The Hall–Kier alpha value is -1.91. The summed E-state index contributed by atoms with van der Waals surface area (Å²) in [6.45, 7) is 0.270. The average Bonchev–Trinajstić information content (AvgIpc) is 2.90. The molecule has 3 N–H and O–H groups in total. The number of ether oxygens (including phenoxy) is 2. The summed E-state index contributed by atoms with van der Waals surface area (Å²) in [6, 6.07) is 3.93. The van der Waals surface area contributed by atoms with Gasteiger partial charge in [0.25, 0.3) is 0 Å². The Morgan fingerprint density at radius 2 is 2.12 bits per heavy atom. The van der Waals surface area contributed by atoms with Crippen molar-refractivity contribution < 1.29 is 14.7 Å². The van der Waals surface area contributed by atoms with E-state index in [1.54, 1.807) is 0 Å². The van der Waals surface area contributed by atoms with Crippen LogP contribution in [0.5, 0.6) is 11.5 Å². The van der Waals surface area contributed by atoms with Crippen LogP contribution in [0.25, 0.3) is 0 Å². The van der Waals surface area contributed by atoms with E-state index in [4.69, 9.17) is 20.4 Å². The molecule has 0 radical (unpaired) electrons. The number of oxime groups is 1. The Balaban J connectivity index is 2.06. The molecule has 2 aliphatic rings. The van der Waals surface area contributed by atoms with Crippen LogP contribution < -0.4 is 15.2 Å². The first-order chi connectivity index (χ1) is 7.79. The standard InChI is InChI=1S/C11H12N2O3/c12-11(13-14)7-2-1-6-3-9-10(4-8(6)7)16-5-15-9/h3-4,7,14H,1-2,5H2,(H2,12,13). The van der Waals surface area contributed by atoms with E-state index < -0.39 is 0 Å². The fourth-order valence-corrected chi connectivity index (χ4v) is 2.37. The topological polar surface area (TPSA) is 77.1 Å². The van der Waals surface area contributed by atoms with E-state index in [2.05, 4.69) is 5.16 Å². The molecular formula is C11H12N2O3. The highest BCUT2D eigenvalue weighted by Gasteiger charge is 2.29. The van der Waals surface area contributed by atoms with E-state index in [0.29, 0.717) is 0 Å². The zero-order chi connectivity index (χ0) is 11.1. The third-order valence-electron chi connectivity index (χ3n) is 3.18. The number of benzene rings is 1.